The van der Waals surface area contributed by atoms with Gasteiger partial charge in [0.25, 0.3) is 5.91 Å². The van der Waals surface area contributed by atoms with E-state index in [0.29, 0.717) is 5.92 Å². The molecule has 0 unspecified atom stereocenters. The number of nitrogens with two attached hydrogens (primary N) is 1. The molecule has 0 saturated heterocycles. The molecule has 2 atom stereocenters. The van der Waals surface area contributed by atoms with E-state index in [1.165, 1.54) is 11.3 Å². The van der Waals surface area contributed by atoms with Gasteiger partial charge in [-0.3, -0.25) is 10.2 Å². The number of rotatable bonds is 5. The number of anilines is 1. The van der Waals surface area contributed by atoms with Crippen molar-refractivity contribution in [1.29, 1.82) is 0 Å². The van der Waals surface area contributed by atoms with E-state index in [1.54, 1.807) is 0 Å². The first kappa shape index (κ1) is 16.8. The summed E-state index contributed by atoms with van der Waals surface area (Å²) in [4.78, 5) is 14.7. The predicted molar refractivity (Wildman–Crippen MR) is 91.7 cm³/mol. The minimum atomic E-state index is -0.214. The van der Waals surface area contributed by atoms with Crippen molar-refractivity contribution in [2.75, 3.05) is 4.90 Å². The highest BCUT2D eigenvalue weighted by molar-refractivity contribution is 5.86. The Bertz CT molecular complexity index is 527. The maximum atomic E-state index is 12.4. The lowest BCUT2D eigenvalue weighted by Crippen LogP contribution is -2.59. The van der Waals surface area contributed by atoms with E-state index in [-0.39, 0.29) is 17.5 Å². The first-order valence-corrected chi connectivity index (χ1v) is 8.31. The third kappa shape index (κ3) is 3.12. The van der Waals surface area contributed by atoms with Crippen molar-refractivity contribution in [1.82, 2.24) is 5.43 Å². The summed E-state index contributed by atoms with van der Waals surface area (Å²) in [5, 5.41) is 0. The van der Waals surface area contributed by atoms with Crippen LogP contribution in [0.1, 0.15) is 64.9 Å². The number of fused-ring (bicyclic) bond motifs is 1. The second kappa shape index (κ2) is 6.69. The Kier molecular flexibility index (Phi) is 5.12. The molecule has 122 valence electrons. The average Bonchev–Trinajstić information content (AvgIpc) is 2.49. The van der Waals surface area contributed by atoms with Crippen LogP contribution in [-0.4, -0.2) is 17.5 Å². The topological polar surface area (TPSA) is 58.4 Å². The van der Waals surface area contributed by atoms with E-state index in [9.17, 15) is 4.79 Å². The molecule has 0 bridgehead atoms. The van der Waals surface area contributed by atoms with Gasteiger partial charge in [0.15, 0.2) is 0 Å². The Morgan fingerprint density at radius 3 is 2.77 bits per heavy atom. The molecule has 4 heteroatoms. The van der Waals surface area contributed by atoms with Crippen LogP contribution in [0.5, 0.6) is 0 Å². The second-order valence-corrected chi connectivity index (χ2v) is 7.01. The molecule has 0 aromatic heterocycles. The number of unbranched alkanes of at least 4 members (excludes halogenated alkanes) is 1. The Hall–Kier alpha value is -1.55. The van der Waals surface area contributed by atoms with E-state index in [0.717, 1.165) is 25.7 Å². The van der Waals surface area contributed by atoms with E-state index in [2.05, 4.69) is 62.3 Å². The van der Waals surface area contributed by atoms with Crippen LogP contribution < -0.4 is 16.2 Å². The molecule has 0 spiro atoms. The maximum Gasteiger partial charge on any atom is 0.256 e. The highest BCUT2D eigenvalue weighted by Crippen LogP contribution is 2.44. The summed E-state index contributed by atoms with van der Waals surface area (Å²) in [6.07, 6.45) is 3.94. The van der Waals surface area contributed by atoms with Crippen LogP contribution >= 0.6 is 0 Å². The van der Waals surface area contributed by atoms with Crippen molar-refractivity contribution in [3.8, 4) is 0 Å². The normalized spacial score (nSPS) is 21.1. The summed E-state index contributed by atoms with van der Waals surface area (Å²) in [6.45, 7) is 8.86. The summed E-state index contributed by atoms with van der Waals surface area (Å²) >= 11 is 0. The van der Waals surface area contributed by atoms with Gasteiger partial charge in [0, 0.05) is 11.2 Å². The van der Waals surface area contributed by atoms with Gasteiger partial charge in [-0.1, -0.05) is 44.9 Å². The molecule has 0 saturated carbocycles. The first-order valence-electron chi connectivity index (χ1n) is 8.31. The van der Waals surface area contributed by atoms with Gasteiger partial charge in [-0.2, -0.15) is 0 Å². The third-order valence-electron chi connectivity index (χ3n) is 4.77. The summed E-state index contributed by atoms with van der Waals surface area (Å²) in [5.41, 5.74) is 4.80. The minimum absolute atomic E-state index is 0.0707. The molecular formula is C18H29N3O. The Morgan fingerprint density at radius 2 is 2.14 bits per heavy atom. The molecule has 22 heavy (non-hydrogen) atoms. The van der Waals surface area contributed by atoms with E-state index >= 15 is 0 Å². The van der Waals surface area contributed by atoms with E-state index < -0.39 is 0 Å². The van der Waals surface area contributed by atoms with Crippen LogP contribution in [0.15, 0.2) is 24.3 Å². The van der Waals surface area contributed by atoms with Gasteiger partial charge >= 0.3 is 0 Å². The number of para-hydroxylation sites is 1. The second-order valence-electron chi connectivity index (χ2n) is 7.01. The fourth-order valence-corrected chi connectivity index (χ4v) is 3.87. The van der Waals surface area contributed by atoms with Crippen LogP contribution in [0.3, 0.4) is 0 Å². The van der Waals surface area contributed by atoms with Gasteiger partial charge in [-0.25, -0.2) is 5.84 Å². The number of amides is 1. The molecule has 1 aromatic carbocycles. The average molecular weight is 303 g/mol. The quantitative estimate of drug-likeness (QED) is 0.498. The van der Waals surface area contributed by atoms with Crippen molar-refractivity contribution in [3.63, 3.8) is 0 Å². The highest BCUT2D eigenvalue weighted by Gasteiger charge is 2.41. The van der Waals surface area contributed by atoms with E-state index in [1.807, 2.05) is 0 Å². The first-order chi connectivity index (χ1) is 10.4. The Balaban J connectivity index is 2.48. The number of carbonyl (C=O) groups excluding carboxylic acids is 1. The molecule has 1 amide bonds. The van der Waals surface area contributed by atoms with Gasteiger partial charge in [0.05, 0.1) is 0 Å². The van der Waals surface area contributed by atoms with Crippen molar-refractivity contribution >= 4 is 11.6 Å². The van der Waals surface area contributed by atoms with Gasteiger partial charge in [0.1, 0.15) is 6.04 Å². The van der Waals surface area contributed by atoms with Crippen LogP contribution in [-0.2, 0) is 4.79 Å². The van der Waals surface area contributed by atoms with Gasteiger partial charge in [0.2, 0.25) is 0 Å². The Labute approximate surface area is 134 Å². The van der Waals surface area contributed by atoms with Crippen molar-refractivity contribution in [2.24, 2.45) is 5.84 Å². The molecule has 1 heterocycles. The van der Waals surface area contributed by atoms with Gasteiger partial charge in [-0.05, 0) is 44.2 Å². The summed E-state index contributed by atoms with van der Waals surface area (Å²) in [7, 11) is 0. The fraction of sp³-hybridized carbons (Fsp3) is 0.611. The molecule has 0 aliphatic carbocycles. The smallest absolute Gasteiger partial charge is 0.256 e. The van der Waals surface area contributed by atoms with Crippen LogP contribution in [0.4, 0.5) is 5.69 Å². The lowest BCUT2D eigenvalue weighted by Gasteiger charge is -2.50. The standard InChI is InChI=1S/C18H29N3O/c1-5-6-10-16(17(22)20-19)21-15-11-8-7-9-14(15)13(2)12-18(21,3)4/h7-9,11,13,16H,5-6,10,12,19H2,1-4H3,(H,20,22)/t13-,16+/m0/s1. The maximum absolute atomic E-state index is 12.4. The monoisotopic (exact) mass is 303 g/mol. The zero-order valence-corrected chi connectivity index (χ0v) is 14.2. The van der Waals surface area contributed by atoms with Gasteiger partial charge in [-0.15, -0.1) is 0 Å². The largest absolute Gasteiger partial charge is 0.354 e. The van der Waals surface area contributed by atoms with Crippen molar-refractivity contribution < 1.29 is 4.79 Å². The van der Waals surface area contributed by atoms with Crippen LogP contribution in [0.25, 0.3) is 0 Å². The molecule has 4 nitrogen and oxygen atoms in total. The molecule has 0 fully saturated rings. The number of hydrogen-bond acceptors (Lipinski definition) is 3. The van der Waals surface area contributed by atoms with Crippen LogP contribution in [0, 0.1) is 0 Å². The minimum Gasteiger partial charge on any atom is -0.354 e. The van der Waals surface area contributed by atoms with Gasteiger partial charge < -0.3 is 4.90 Å². The summed E-state index contributed by atoms with van der Waals surface area (Å²) in [6, 6.07) is 8.23. The molecule has 0 radical (unpaired) electrons. The van der Waals surface area contributed by atoms with Crippen LogP contribution in [0.2, 0.25) is 0 Å². The molecule has 3 N–H and O–H groups in total. The molecule has 2 rings (SSSR count). The lowest BCUT2D eigenvalue weighted by molar-refractivity contribution is -0.123. The molecule has 1 aliphatic heterocycles. The summed E-state index contributed by atoms with van der Waals surface area (Å²) in [5.74, 6) is 5.86. The third-order valence-corrected chi connectivity index (χ3v) is 4.77. The highest BCUT2D eigenvalue weighted by atomic mass is 16.2. The van der Waals surface area contributed by atoms with E-state index in [4.69, 9.17) is 5.84 Å². The number of nitrogens with one attached hydrogen (secondary N) is 1. The number of hydrogen-bond donors (Lipinski definition) is 2. The zero-order chi connectivity index (χ0) is 16.3. The fourth-order valence-electron chi connectivity index (χ4n) is 3.87. The summed E-state index contributed by atoms with van der Waals surface area (Å²) < 4.78 is 0. The van der Waals surface area contributed by atoms with Crippen molar-refractivity contribution in [3.05, 3.63) is 29.8 Å². The molecular weight excluding hydrogens is 274 g/mol. The number of benzene rings is 1. The van der Waals surface area contributed by atoms with Crippen molar-refractivity contribution in [2.45, 2.75) is 70.9 Å². The predicted octanol–water partition coefficient (Wildman–Crippen LogP) is 3.33. The molecule has 1 aliphatic rings. The lowest BCUT2D eigenvalue weighted by atomic mass is 9.78. The molecule has 1 aromatic rings. The SMILES string of the molecule is CCCC[C@H](C(=O)NN)N1c2ccccc2[C@@H](C)CC1(C)C. The number of nitrogens with zero attached hydrogens (tertiary/aromatic N) is 1. The number of carbonyl (C=O) groups is 1. The zero-order valence-electron chi connectivity index (χ0n) is 14.2. The number of hydrazine groups is 1. The Morgan fingerprint density at radius 1 is 1.45 bits per heavy atom.